The van der Waals surface area contributed by atoms with Crippen LogP contribution in [0.3, 0.4) is 0 Å². The number of aryl methyl sites for hydroxylation is 1. The number of aromatic amines is 1. The number of rotatable bonds is 3. The summed E-state index contributed by atoms with van der Waals surface area (Å²) in [7, 11) is 0. The van der Waals surface area contributed by atoms with Crippen molar-refractivity contribution in [2.75, 3.05) is 0 Å². The second-order valence-electron chi connectivity index (χ2n) is 6.10. The van der Waals surface area contributed by atoms with Crippen LogP contribution in [0.1, 0.15) is 46.9 Å². The third kappa shape index (κ3) is 2.43. The topological polar surface area (TPSA) is 70.7 Å². The lowest BCUT2D eigenvalue weighted by Gasteiger charge is -2.28. The summed E-state index contributed by atoms with van der Waals surface area (Å²) in [6.45, 7) is 1.90. The summed E-state index contributed by atoms with van der Waals surface area (Å²) in [5.74, 6) is 0.745. The fourth-order valence-corrected chi connectivity index (χ4v) is 4.31. The van der Waals surface area contributed by atoms with Crippen molar-refractivity contribution < 1.29 is 4.79 Å². The Bertz CT molecular complexity index is 847. The number of carbonyl (C=O) groups is 1. The fourth-order valence-electron chi connectivity index (χ4n) is 3.45. The lowest BCUT2D eigenvalue weighted by molar-refractivity contribution is 0.0899. The van der Waals surface area contributed by atoms with Gasteiger partial charge in [-0.1, -0.05) is 18.9 Å². The molecule has 2 N–H and O–H groups in total. The molecule has 118 valence electrons. The lowest BCUT2D eigenvalue weighted by atomic mass is 9.97. The van der Waals surface area contributed by atoms with E-state index in [2.05, 4.69) is 20.3 Å². The van der Waals surface area contributed by atoms with E-state index in [9.17, 15) is 4.79 Å². The molecule has 5 nitrogen and oxygen atoms in total. The van der Waals surface area contributed by atoms with Gasteiger partial charge in [-0.3, -0.25) is 4.79 Å². The van der Waals surface area contributed by atoms with Crippen LogP contribution in [0, 0.1) is 6.92 Å². The number of hydrogen-bond acceptors (Lipinski definition) is 4. The number of imidazole rings is 1. The predicted molar refractivity (Wildman–Crippen MR) is 90.6 cm³/mol. The van der Waals surface area contributed by atoms with Crippen LogP contribution in [0.2, 0.25) is 0 Å². The van der Waals surface area contributed by atoms with Crippen LogP contribution in [0.25, 0.3) is 11.0 Å². The molecule has 0 spiro atoms. The molecule has 6 heteroatoms. The van der Waals surface area contributed by atoms with Gasteiger partial charge in [0.25, 0.3) is 5.91 Å². The lowest BCUT2D eigenvalue weighted by Crippen LogP contribution is -2.43. The zero-order valence-corrected chi connectivity index (χ0v) is 13.7. The minimum absolute atomic E-state index is 0.0702. The molecule has 0 radical (unpaired) electrons. The number of para-hydroxylation sites is 1. The summed E-state index contributed by atoms with van der Waals surface area (Å²) < 4.78 is 0. The highest BCUT2D eigenvalue weighted by Crippen LogP contribution is 2.40. The molecule has 0 unspecified atom stereocenters. The van der Waals surface area contributed by atoms with E-state index in [1.165, 1.54) is 0 Å². The monoisotopic (exact) mass is 326 g/mol. The van der Waals surface area contributed by atoms with Crippen molar-refractivity contribution in [3.63, 3.8) is 0 Å². The number of H-pyrrole nitrogens is 1. The molecular formula is C17H18N4OS. The van der Waals surface area contributed by atoms with Gasteiger partial charge < -0.3 is 10.3 Å². The van der Waals surface area contributed by atoms with Crippen molar-refractivity contribution >= 4 is 28.3 Å². The molecule has 1 aromatic carbocycles. The van der Waals surface area contributed by atoms with Gasteiger partial charge in [-0.2, -0.15) is 0 Å². The Morgan fingerprint density at radius 1 is 1.35 bits per heavy atom. The van der Waals surface area contributed by atoms with Crippen molar-refractivity contribution in [3.8, 4) is 0 Å². The van der Waals surface area contributed by atoms with Crippen molar-refractivity contribution in [2.45, 2.75) is 38.1 Å². The molecule has 2 aromatic heterocycles. The van der Waals surface area contributed by atoms with Crippen LogP contribution in [-0.4, -0.2) is 20.9 Å². The number of amides is 1. The highest BCUT2D eigenvalue weighted by atomic mass is 32.1. The largest absolute Gasteiger partial charge is 0.342 e. The molecule has 1 saturated carbocycles. The molecule has 1 aliphatic carbocycles. The normalized spacial score (nSPS) is 16.7. The van der Waals surface area contributed by atoms with Crippen molar-refractivity contribution in [1.29, 1.82) is 0 Å². The summed E-state index contributed by atoms with van der Waals surface area (Å²) in [6, 6.07) is 5.67. The summed E-state index contributed by atoms with van der Waals surface area (Å²) in [5, 5.41) is 6.25. The van der Waals surface area contributed by atoms with E-state index < -0.39 is 0 Å². The number of hydrogen-bond donors (Lipinski definition) is 2. The van der Waals surface area contributed by atoms with Gasteiger partial charge in [-0.25, -0.2) is 9.97 Å². The van der Waals surface area contributed by atoms with Crippen molar-refractivity contribution in [3.05, 3.63) is 46.2 Å². The smallest absolute Gasteiger partial charge is 0.254 e. The molecule has 23 heavy (non-hydrogen) atoms. The Kier molecular flexibility index (Phi) is 3.41. The number of nitrogens with zero attached hydrogens (tertiary/aromatic N) is 2. The zero-order chi connectivity index (χ0) is 15.9. The summed E-state index contributed by atoms with van der Waals surface area (Å²) >= 11 is 1.62. The Labute approximate surface area is 138 Å². The minimum Gasteiger partial charge on any atom is -0.342 e. The Morgan fingerprint density at radius 3 is 2.91 bits per heavy atom. The first-order valence-corrected chi connectivity index (χ1v) is 8.74. The van der Waals surface area contributed by atoms with E-state index in [-0.39, 0.29) is 11.4 Å². The second kappa shape index (κ2) is 5.45. The van der Waals surface area contributed by atoms with Crippen LogP contribution >= 0.6 is 11.3 Å². The number of aromatic nitrogens is 3. The maximum atomic E-state index is 12.9. The van der Waals surface area contributed by atoms with Gasteiger partial charge in [0.2, 0.25) is 0 Å². The number of carbonyl (C=O) groups excluding carboxylic acids is 1. The minimum atomic E-state index is -0.321. The Morgan fingerprint density at radius 2 is 2.17 bits per heavy atom. The molecule has 3 aromatic rings. The van der Waals surface area contributed by atoms with Gasteiger partial charge in [-0.05, 0) is 31.9 Å². The second-order valence-corrected chi connectivity index (χ2v) is 7.00. The Hall–Kier alpha value is -2.21. The van der Waals surface area contributed by atoms with E-state index in [1.807, 2.05) is 36.7 Å². The third-order valence-corrected chi connectivity index (χ3v) is 5.50. The average Bonchev–Trinajstić information content (AvgIpc) is 3.26. The number of thiazole rings is 1. The van der Waals surface area contributed by atoms with Gasteiger partial charge in [-0.15, -0.1) is 11.3 Å². The fraction of sp³-hybridized carbons (Fsp3) is 0.353. The van der Waals surface area contributed by atoms with Gasteiger partial charge in [0.15, 0.2) is 0 Å². The van der Waals surface area contributed by atoms with Gasteiger partial charge in [0.05, 0.1) is 16.6 Å². The molecule has 4 rings (SSSR count). The molecule has 1 amide bonds. The van der Waals surface area contributed by atoms with Crippen LogP contribution in [-0.2, 0) is 5.54 Å². The Balaban J connectivity index is 1.71. The highest BCUT2D eigenvalue weighted by Gasteiger charge is 2.39. The van der Waals surface area contributed by atoms with Crippen molar-refractivity contribution in [2.24, 2.45) is 0 Å². The quantitative estimate of drug-likeness (QED) is 0.773. The van der Waals surface area contributed by atoms with E-state index in [4.69, 9.17) is 0 Å². The molecule has 0 bridgehead atoms. The summed E-state index contributed by atoms with van der Waals surface area (Å²) in [6.07, 6.45) is 5.94. The number of fused-ring (bicyclic) bond motifs is 1. The predicted octanol–water partition coefficient (Wildman–Crippen LogP) is 3.53. The molecule has 0 aliphatic heterocycles. The van der Waals surface area contributed by atoms with E-state index in [1.54, 1.807) is 11.3 Å². The zero-order valence-electron chi connectivity index (χ0n) is 12.9. The maximum Gasteiger partial charge on any atom is 0.254 e. The van der Waals surface area contributed by atoms with Crippen LogP contribution in [0.15, 0.2) is 29.8 Å². The van der Waals surface area contributed by atoms with E-state index in [0.717, 1.165) is 47.5 Å². The first-order chi connectivity index (χ1) is 11.2. The van der Waals surface area contributed by atoms with Gasteiger partial charge in [0, 0.05) is 11.6 Å². The van der Waals surface area contributed by atoms with E-state index >= 15 is 0 Å². The highest BCUT2D eigenvalue weighted by molar-refractivity contribution is 7.09. The summed E-state index contributed by atoms with van der Waals surface area (Å²) in [5.41, 5.74) is 1.92. The SMILES string of the molecule is Cc1nc2c(C(=O)NC3(c4nccs4)CCCC3)cccc2[nH]1. The molecule has 2 heterocycles. The standard InChI is InChI=1S/C17H18N4OS/c1-11-19-13-6-4-5-12(14(13)20-11)15(22)21-17(7-2-3-8-17)16-18-9-10-23-16/h4-6,9-10H,2-3,7-8H2,1H3,(H,19,20)(H,21,22). The van der Waals surface area contributed by atoms with Crippen LogP contribution in [0.4, 0.5) is 0 Å². The number of nitrogens with one attached hydrogen (secondary N) is 2. The summed E-state index contributed by atoms with van der Waals surface area (Å²) in [4.78, 5) is 25.0. The third-order valence-electron chi connectivity index (χ3n) is 4.53. The molecular weight excluding hydrogens is 308 g/mol. The van der Waals surface area contributed by atoms with Crippen molar-refractivity contribution in [1.82, 2.24) is 20.3 Å². The maximum absolute atomic E-state index is 12.9. The van der Waals surface area contributed by atoms with Gasteiger partial charge in [0.1, 0.15) is 16.3 Å². The van der Waals surface area contributed by atoms with Crippen LogP contribution < -0.4 is 5.32 Å². The first kappa shape index (κ1) is 14.4. The number of benzene rings is 1. The molecule has 1 aliphatic rings. The molecule has 0 saturated heterocycles. The molecule has 0 atom stereocenters. The van der Waals surface area contributed by atoms with Gasteiger partial charge >= 0.3 is 0 Å². The van der Waals surface area contributed by atoms with E-state index in [0.29, 0.717) is 5.56 Å². The average molecular weight is 326 g/mol. The molecule has 1 fully saturated rings. The first-order valence-electron chi connectivity index (χ1n) is 7.86. The van der Waals surface area contributed by atoms with Crippen LogP contribution in [0.5, 0.6) is 0 Å².